The highest BCUT2D eigenvalue weighted by atomic mass is 15.1. The van der Waals surface area contributed by atoms with Crippen molar-refractivity contribution in [2.75, 3.05) is 19.0 Å². The van der Waals surface area contributed by atoms with Crippen LogP contribution in [0.5, 0.6) is 0 Å². The minimum Gasteiger partial charge on any atom is -0.378 e. The molecular weight excluding hydrogens is 286 g/mol. The first kappa shape index (κ1) is 16.2. The van der Waals surface area contributed by atoms with Crippen molar-refractivity contribution in [2.45, 2.75) is 13.3 Å². The second-order valence-corrected chi connectivity index (χ2v) is 5.37. The van der Waals surface area contributed by atoms with Gasteiger partial charge in [-0.05, 0) is 30.7 Å². The predicted molar refractivity (Wildman–Crippen MR) is 93.2 cm³/mol. The molecule has 0 unspecified atom stereocenters. The lowest BCUT2D eigenvalue weighted by atomic mass is 10.1. The molecule has 5 nitrogen and oxygen atoms in total. The van der Waals surface area contributed by atoms with Crippen LogP contribution in [0.15, 0.2) is 51.7 Å². The summed E-state index contributed by atoms with van der Waals surface area (Å²) in [4.78, 5) is 10.4. The van der Waals surface area contributed by atoms with Gasteiger partial charge in [-0.2, -0.15) is 10.5 Å². The van der Waals surface area contributed by atoms with Crippen LogP contribution in [0.1, 0.15) is 18.9 Å². The Hall–Kier alpha value is -3.18. The second kappa shape index (κ2) is 7.20. The van der Waals surface area contributed by atoms with Crippen molar-refractivity contribution in [1.82, 2.24) is 0 Å². The Labute approximate surface area is 136 Å². The standard InChI is InChI=1S/C18H17N5/c1-13-10-15(22-18(12-20)17(11-19)21-13)7-4-14-5-8-16(9-6-14)23(2)3/h4-9H,10H2,1-3H3/b7-4+. The molecule has 23 heavy (non-hydrogen) atoms. The normalized spacial score (nSPS) is 14.7. The summed E-state index contributed by atoms with van der Waals surface area (Å²) in [7, 11) is 3.99. The third-order valence-electron chi connectivity index (χ3n) is 3.31. The molecule has 2 rings (SSSR count). The van der Waals surface area contributed by atoms with E-state index in [1.54, 1.807) is 0 Å². The van der Waals surface area contributed by atoms with Crippen LogP contribution < -0.4 is 4.90 Å². The van der Waals surface area contributed by atoms with Crippen LogP contribution in [0.2, 0.25) is 0 Å². The summed E-state index contributed by atoms with van der Waals surface area (Å²) in [6, 6.07) is 12.0. The number of hydrogen-bond donors (Lipinski definition) is 0. The van der Waals surface area contributed by atoms with Crippen LogP contribution in [-0.2, 0) is 0 Å². The zero-order chi connectivity index (χ0) is 16.8. The summed E-state index contributed by atoms with van der Waals surface area (Å²) < 4.78 is 0. The predicted octanol–water partition coefficient (Wildman–Crippen LogP) is 3.33. The highest BCUT2D eigenvalue weighted by Crippen LogP contribution is 2.16. The molecule has 0 aromatic heterocycles. The fourth-order valence-electron chi connectivity index (χ4n) is 2.11. The Bertz CT molecular complexity index is 793. The maximum atomic E-state index is 9.13. The average Bonchev–Trinajstić information content (AvgIpc) is 2.71. The third kappa shape index (κ3) is 4.15. The molecule has 0 radical (unpaired) electrons. The molecule has 1 aliphatic heterocycles. The number of benzene rings is 1. The van der Waals surface area contributed by atoms with Gasteiger partial charge in [0.1, 0.15) is 12.1 Å². The van der Waals surface area contributed by atoms with Crippen molar-refractivity contribution in [1.29, 1.82) is 10.5 Å². The van der Waals surface area contributed by atoms with Crippen LogP contribution >= 0.6 is 0 Å². The average molecular weight is 303 g/mol. The molecule has 5 heteroatoms. The Morgan fingerprint density at radius 2 is 1.61 bits per heavy atom. The summed E-state index contributed by atoms with van der Waals surface area (Å²) in [5, 5.41) is 18.2. The number of nitriles is 2. The Morgan fingerprint density at radius 1 is 1.00 bits per heavy atom. The van der Waals surface area contributed by atoms with Gasteiger partial charge < -0.3 is 4.90 Å². The van der Waals surface area contributed by atoms with E-state index in [0.717, 1.165) is 17.0 Å². The van der Waals surface area contributed by atoms with Gasteiger partial charge in [0.05, 0.1) is 0 Å². The number of anilines is 1. The van der Waals surface area contributed by atoms with Gasteiger partial charge in [0.25, 0.3) is 0 Å². The molecule has 0 aliphatic carbocycles. The lowest BCUT2D eigenvalue weighted by Gasteiger charge is -2.11. The van der Waals surface area contributed by atoms with Crippen molar-refractivity contribution in [3.63, 3.8) is 0 Å². The molecule has 1 aromatic rings. The van der Waals surface area contributed by atoms with E-state index in [0.29, 0.717) is 12.1 Å². The third-order valence-corrected chi connectivity index (χ3v) is 3.31. The molecule has 0 amide bonds. The molecular formula is C18H17N5. The highest BCUT2D eigenvalue weighted by Gasteiger charge is 2.11. The molecule has 0 spiro atoms. The quantitative estimate of drug-likeness (QED) is 0.859. The summed E-state index contributed by atoms with van der Waals surface area (Å²) in [6.45, 7) is 1.83. The van der Waals surface area contributed by atoms with Crippen molar-refractivity contribution in [3.8, 4) is 12.1 Å². The minimum atomic E-state index is 0.0620. The molecule has 1 aliphatic rings. The smallest absolute Gasteiger partial charge is 0.177 e. The minimum absolute atomic E-state index is 0.0620. The lowest BCUT2D eigenvalue weighted by Crippen LogP contribution is -2.07. The first-order valence-electron chi connectivity index (χ1n) is 7.15. The maximum absolute atomic E-state index is 9.13. The van der Waals surface area contributed by atoms with E-state index in [9.17, 15) is 0 Å². The van der Waals surface area contributed by atoms with E-state index in [4.69, 9.17) is 10.5 Å². The number of allylic oxidation sites excluding steroid dienone is 3. The van der Waals surface area contributed by atoms with E-state index < -0.39 is 0 Å². The molecule has 1 aromatic carbocycles. The number of rotatable bonds is 3. The molecule has 0 atom stereocenters. The van der Waals surface area contributed by atoms with Gasteiger partial charge in [-0.1, -0.05) is 18.2 Å². The first-order valence-corrected chi connectivity index (χ1v) is 7.15. The van der Waals surface area contributed by atoms with Gasteiger partial charge in [-0.3, -0.25) is 0 Å². The Kier molecular flexibility index (Phi) is 5.07. The van der Waals surface area contributed by atoms with Gasteiger partial charge >= 0.3 is 0 Å². The topological polar surface area (TPSA) is 75.5 Å². The van der Waals surface area contributed by atoms with Crippen LogP contribution in [0.4, 0.5) is 5.69 Å². The SMILES string of the molecule is CC1=NC(C#N)=C(C#N)N=C(/C=C/c2ccc(N(C)C)cc2)C1. The van der Waals surface area contributed by atoms with Gasteiger partial charge in [0.2, 0.25) is 0 Å². The number of aliphatic imine (C=N–C) groups is 2. The summed E-state index contributed by atoms with van der Waals surface area (Å²) in [6.07, 6.45) is 4.32. The Morgan fingerprint density at radius 3 is 2.17 bits per heavy atom. The van der Waals surface area contributed by atoms with Crippen molar-refractivity contribution >= 4 is 23.2 Å². The molecule has 0 N–H and O–H groups in total. The maximum Gasteiger partial charge on any atom is 0.177 e. The van der Waals surface area contributed by atoms with Crippen LogP contribution in [0.25, 0.3) is 6.08 Å². The van der Waals surface area contributed by atoms with Crippen molar-refractivity contribution in [2.24, 2.45) is 9.98 Å². The summed E-state index contributed by atoms with van der Waals surface area (Å²) >= 11 is 0. The first-order chi connectivity index (χ1) is 11.0. The van der Waals surface area contributed by atoms with E-state index in [2.05, 4.69) is 9.98 Å². The van der Waals surface area contributed by atoms with Gasteiger partial charge in [0, 0.05) is 37.6 Å². The zero-order valence-electron chi connectivity index (χ0n) is 13.4. The van der Waals surface area contributed by atoms with Gasteiger partial charge in [-0.25, -0.2) is 9.98 Å². The van der Waals surface area contributed by atoms with Crippen LogP contribution in [0, 0.1) is 22.7 Å². The van der Waals surface area contributed by atoms with E-state index >= 15 is 0 Å². The summed E-state index contributed by atoms with van der Waals surface area (Å²) in [5.41, 5.74) is 3.78. The Balaban J connectivity index is 2.27. The van der Waals surface area contributed by atoms with Gasteiger partial charge in [0.15, 0.2) is 11.4 Å². The molecule has 0 saturated carbocycles. The monoisotopic (exact) mass is 303 g/mol. The van der Waals surface area contributed by atoms with Crippen LogP contribution in [0.3, 0.4) is 0 Å². The molecule has 114 valence electrons. The fraction of sp³-hybridized carbons (Fsp3) is 0.222. The number of nitrogens with zero attached hydrogens (tertiary/aromatic N) is 5. The van der Waals surface area contributed by atoms with E-state index in [-0.39, 0.29) is 11.4 Å². The zero-order valence-corrected chi connectivity index (χ0v) is 13.4. The largest absolute Gasteiger partial charge is 0.378 e. The van der Waals surface area contributed by atoms with Crippen LogP contribution in [-0.4, -0.2) is 25.5 Å². The number of hydrogen-bond acceptors (Lipinski definition) is 5. The molecule has 1 heterocycles. The highest BCUT2D eigenvalue weighted by molar-refractivity contribution is 6.11. The molecule has 0 bridgehead atoms. The van der Waals surface area contributed by atoms with E-state index in [1.165, 1.54) is 0 Å². The lowest BCUT2D eigenvalue weighted by molar-refractivity contribution is 1.13. The second-order valence-electron chi connectivity index (χ2n) is 5.37. The fourth-order valence-corrected chi connectivity index (χ4v) is 2.11. The van der Waals surface area contributed by atoms with E-state index in [1.807, 2.05) is 74.5 Å². The molecule has 0 saturated heterocycles. The van der Waals surface area contributed by atoms with Crippen molar-refractivity contribution in [3.05, 3.63) is 47.3 Å². The van der Waals surface area contributed by atoms with Crippen molar-refractivity contribution < 1.29 is 0 Å². The molecule has 0 fully saturated rings. The summed E-state index contributed by atoms with van der Waals surface area (Å²) in [5.74, 6) is 0. The van der Waals surface area contributed by atoms with Gasteiger partial charge in [-0.15, -0.1) is 0 Å².